The summed E-state index contributed by atoms with van der Waals surface area (Å²) in [6.45, 7) is 1.43. The molecule has 1 saturated carbocycles. The predicted octanol–water partition coefficient (Wildman–Crippen LogP) is 2.53. The van der Waals surface area contributed by atoms with Crippen LogP contribution in [-0.4, -0.2) is 59.5 Å². The summed E-state index contributed by atoms with van der Waals surface area (Å²) in [5.41, 5.74) is 2.02. The van der Waals surface area contributed by atoms with E-state index in [1.807, 2.05) is 42.5 Å². The molecule has 10 heteroatoms. The molecule has 0 bridgehead atoms. The maximum Gasteiger partial charge on any atom is 0.294 e. The number of hydrogen-bond acceptors (Lipinski definition) is 7. The lowest BCUT2D eigenvalue weighted by molar-refractivity contribution is -0.769. The van der Waals surface area contributed by atoms with E-state index in [-0.39, 0.29) is 18.4 Å². The molecular weight excluding hydrogens is 440 g/mol. The molecule has 182 valence electrons. The molecule has 0 radical (unpaired) electrons. The number of para-hydroxylation sites is 1. The third-order valence-electron chi connectivity index (χ3n) is 6.18. The summed E-state index contributed by atoms with van der Waals surface area (Å²) in [6.07, 6.45) is 1.07. The van der Waals surface area contributed by atoms with Crippen molar-refractivity contribution < 1.29 is 24.6 Å². The first kappa shape index (κ1) is 23.8. The highest BCUT2D eigenvalue weighted by molar-refractivity contribution is 6.10. The number of nitrogens with one attached hydrogen (secondary N) is 3. The van der Waals surface area contributed by atoms with Crippen molar-refractivity contribution in [3.63, 3.8) is 0 Å². The number of fused-ring (bicyclic) bond motifs is 3. The van der Waals surface area contributed by atoms with E-state index in [0.29, 0.717) is 45.3 Å². The first-order valence-electron chi connectivity index (χ1n) is 11.6. The number of carbonyl (C=O) groups excluding carboxylic acids is 1. The number of H-pyrrole nitrogens is 1. The third kappa shape index (κ3) is 5.95. The lowest BCUT2D eigenvalue weighted by Crippen LogP contribution is -2.40. The third-order valence-corrected chi connectivity index (χ3v) is 6.18. The SMILES string of the molecule is O=C(NCCNCC(O)COc1cccc2[nH]c3ccccc3c12)C1CCC(O[N+](=O)[O-])CC1. The minimum absolute atomic E-state index is 0.0444. The van der Waals surface area contributed by atoms with Crippen molar-refractivity contribution in [2.75, 3.05) is 26.2 Å². The highest BCUT2D eigenvalue weighted by Crippen LogP contribution is 2.33. The van der Waals surface area contributed by atoms with Crippen LogP contribution in [-0.2, 0) is 9.63 Å². The number of aliphatic hydroxyl groups is 1. The van der Waals surface area contributed by atoms with Gasteiger partial charge in [0.2, 0.25) is 5.91 Å². The normalized spacial score (nSPS) is 19.1. The summed E-state index contributed by atoms with van der Waals surface area (Å²) in [5, 5.41) is 28.0. The molecule has 1 aliphatic rings. The Bertz CT molecular complexity index is 1130. The number of nitrogens with zero attached hydrogens (tertiary/aromatic N) is 1. The van der Waals surface area contributed by atoms with Gasteiger partial charge < -0.3 is 30.3 Å². The van der Waals surface area contributed by atoms with Crippen LogP contribution in [0.2, 0.25) is 0 Å². The maximum absolute atomic E-state index is 12.3. The number of rotatable bonds is 11. The number of aromatic amines is 1. The fourth-order valence-corrected chi connectivity index (χ4v) is 4.47. The second-order valence-electron chi connectivity index (χ2n) is 8.61. The van der Waals surface area contributed by atoms with Crippen molar-refractivity contribution in [3.05, 3.63) is 52.6 Å². The second-order valence-corrected chi connectivity index (χ2v) is 8.61. The van der Waals surface area contributed by atoms with Crippen LogP contribution in [0.25, 0.3) is 21.8 Å². The number of ether oxygens (including phenoxy) is 1. The van der Waals surface area contributed by atoms with Crippen LogP contribution < -0.4 is 15.4 Å². The fraction of sp³-hybridized carbons (Fsp3) is 0.458. The summed E-state index contributed by atoms with van der Waals surface area (Å²) in [4.78, 5) is 30.6. The number of aliphatic hydroxyl groups excluding tert-OH is 1. The summed E-state index contributed by atoms with van der Waals surface area (Å²) in [6, 6.07) is 13.8. The van der Waals surface area contributed by atoms with Crippen molar-refractivity contribution >= 4 is 27.7 Å². The zero-order valence-corrected chi connectivity index (χ0v) is 18.9. The van der Waals surface area contributed by atoms with E-state index >= 15 is 0 Å². The molecule has 2 aromatic carbocycles. The number of hydrogen-bond donors (Lipinski definition) is 4. The maximum atomic E-state index is 12.3. The molecule has 1 fully saturated rings. The van der Waals surface area contributed by atoms with Gasteiger partial charge in [0.1, 0.15) is 24.6 Å². The molecule has 1 aromatic heterocycles. The second kappa shape index (κ2) is 11.2. The molecule has 1 atom stereocenters. The van der Waals surface area contributed by atoms with Gasteiger partial charge in [-0.15, -0.1) is 10.1 Å². The molecule has 0 aliphatic heterocycles. The first-order chi connectivity index (χ1) is 16.5. The molecule has 10 nitrogen and oxygen atoms in total. The van der Waals surface area contributed by atoms with E-state index in [4.69, 9.17) is 4.74 Å². The van der Waals surface area contributed by atoms with E-state index in [9.17, 15) is 20.0 Å². The van der Waals surface area contributed by atoms with E-state index in [1.54, 1.807) is 0 Å². The Balaban J connectivity index is 1.14. The average molecular weight is 471 g/mol. The highest BCUT2D eigenvalue weighted by Gasteiger charge is 2.27. The summed E-state index contributed by atoms with van der Waals surface area (Å²) in [5.74, 6) is 0.537. The Morgan fingerprint density at radius 1 is 1.12 bits per heavy atom. The number of carbonyl (C=O) groups is 1. The predicted molar refractivity (Wildman–Crippen MR) is 127 cm³/mol. The molecule has 3 aromatic rings. The molecule has 4 rings (SSSR count). The Hall–Kier alpha value is -3.37. The molecule has 0 spiro atoms. The lowest BCUT2D eigenvalue weighted by Gasteiger charge is -2.26. The zero-order valence-electron chi connectivity index (χ0n) is 18.9. The summed E-state index contributed by atoms with van der Waals surface area (Å²) in [7, 11) is 0. The molecule has 1 amide bonds. The Kier molecular flexibility index (Phi) is 7.81. The smallest absolute Gasteiger partial charge is 0.294 e. The molecule has 1 aliphatic carbocycles. The van der Waals surface area contributed by atoms with Crippen molar-refractivity contribution in [1.29, 1.82) is 0 Å². The van der Waals surface area contributed by atoms with Crippen LogP contribution in [0.3, 0.4) is 0 Å². The van der Waals surface area contributed by atoms with Crippen molar-refractivity contribution in [1.82, 2.24) is 15.6 Å². The fourth-order valence-electron chi connectivity index (χ4n) is 4.47. The molecule has 1 heterocycles. The number of aromatic nitrogens is 1. The van der Waals surface area contributed by atoms with Gasteiger partial charge in [-0.3, -0.25) is 4.79 Å². The first-order valence-corrected chi connectivity index (χ1v) is 11.6. The van der Waals surface area contributed by atoms with Gasteiger partial charge in [-0.05, 0) is 43.9 Å². The molecule has 34 heavy (non-hydrogen) atoms. The van der Waals surface area contributed by atoms with Gasteiger partial charge in [-0.2, -0.15) is 0 Å². The average Bonchev–Trinajstić information content (AvgIpc) is 3.22. The number of benzene rings is 2. The van der Waals surface area contributed by atoms with Crippen LogP contribution in [0.4, 0.5) is 0 Å². The van der Waals surface area contributed by atoms with Gasteiger partial charge in [-0.1, -0.05) is 24.3 Å². The Labute approximate surface area is 196 Å². The van der Waals surface area contributed by atoms with Crippen molar-refractivity contribution in [2.45, 2.75) is 37.9 Å². The van der Waals surface area contributed by atoms with Crippen molar-refractivity contribution in [3.8, 4) is 5.75 Å². The summed E-state index contributed by atoms with van der Waals surface area (Å²) < 4.78 is 5.92. The van der Waals surface area contributed by atoms with Crippen LogP contribution in [0.5, 0.6) is 5.75 Å². The number of amides is 1. The topological polar surface area (TPSA) is 139 Å². The highest BCUT2D eigenvalue weighted by atomic mass is 17.0. The monoisotopic (exact) mass is 470 g/mol. The van der Waals surface area contributed by atoms with Crippen molar-refractivity contribution in [2.24, 2.45) is 5.92 Å². The van der Waals surface area contributed by atoms with E-state index < -0.39 is 17.3 Å². The Morgan fingerprint density at radius 3 is 2.68 bits per heavy atom. The molecule has 4 N–H and O–H groups in total. The largest absolute Gasteiger partial charge is 0.490 e. The molecule has 1 unspecified atom stereocenters. The van der Waals surface area contributed by atoms with E-state index in [2.05, 4.69) is 20.5 Å². The van der Waals surface area contributed by atoms with Crippen LogP contribution in [0.1, 0.15) is 25.7 Å². The minimum Gasteiger partial charge on any atom is -0.490 e. The van der Waals surface area contributed by atoms with Gasteiger partial charge in [-0.25, -0.2) is 0 Å². The van der Waals surface area contributed by atoms with Crippen LogP contribution in [0, 0.1) is 16.0 Å². The van der Waals surface area contributed by atoms with E-state index in [1.165, 1.54) is 0 Å². The van der Waals surface area contributed by atoms with Gasteiger partial charge in [0.05, 0.1) is 5.52 Å². The van der Waals surface area contributed by atoms with Gasteiger partial charge in [0, 0.05) is 41.8 Å². The van der Waals surface area contributed by atoms with Crippen LogP contribution >= 0.6 is 0 Å². The molecular formula is C24H30N4O6. The van der Waals surface area contributed by atoms with Crippen LogP contribution in [0.15, 0.2) is 42.5 Å². The summed E-state index contributed by atoms with van der Waals surface area (Å²) >= 11 is 0. The quantitative estimate of drug-likeness (QED) is 0.192. The lowest BCUT2D eigenvalue weighted by atomic mass is 9.87. The standard InChI is InChI=1S/C24H30N4O6/c29-17(14-25-12-13-26-24(30)16-8-10-18(11-9-16)34-28(31)32)15-33-22-7-3-6-21-23(22)19-4-1-2-5-20(19)27-21/h1-7,16-18,25,27,29H,8-15H2,(H,26,30). The zero-order chi connectivity index (χ0) is 23.9. The van der Waals surface area contributed by atoms with E-state index in [0.717, 1.165) is 27.6 Å². The van der Waals surface area contributed by atoms with Gasteiger partial charge in [0.25, 0.3) is 5.09 Å². The minimum atomic E-state index is -0.765. The molecule has 0 saturated heterocycles. The van der Waals surface area contributed by atoms with Gasteiger partial charge >= 0.3 is 0 Å². The van der Waals surface area contributed by atoms with Gasteiger partial charge in [0.15, 0.2) is 0 Å². The Morgan fingerprint density at radius 2 is 1.88 bits per heavy atom.